The zero-order chi connectivity index (χ0) is 9.36. The third-order valence-corrected chi connectivity index (χ3v) is 2.29. The van der Waals surface area contributed by atoms with E-state index in [-0.39, 0.29) is 0 Å². The summed E-state index contributed by atoms with van der Waals surface area (Å²) in [5.41, 5.74) is 0. The molecule has 2 heteroatoms. The van der Waals surface area contributed by atoms with Gasteiger partial charge in [0.1, 0.15) is 6.61 Å². The first-order valence-electron chi connectivity index (χ1n) is 4.06. The van der Waals surface area contributed by atoms with Crippen molar-refractivity contribution in [3.63, 3.8) is 0 Å². The van der Waals surface area contributed by atoms with E-state index in [4.69, 9.17) is 4.74 Å². The lowest BCUT2D eigenvalue weighted by molar-refractivity contribution is 0.240. The van der Waals surface area contributed by atoms with Gasteiger partial charge >= 0.3 is 0 Å². The Morgan fingerprint density at radius 1 is 1.23 bits per heavy atom. The molecule has 0 heterocycles. The molecule has 0 atom stereocenters. The molecule has 0 aliphatic heterocycles. The maximum Gasteiger partial charge on any atom is 0.107 e. The zero-order valence-corrected chi connectivity index (χ0v) is 8.43. The van der Waals surface area contributed by atoms with Crippen molar-refractivity contribution in [2.45, 2.75) is 4.90 Å². The van der Waals surface area contributed by atoms with Crippen LogP contribution in [0.5, 0.6) is 0 Å². The number of methoxy groups -OCH3 is 1. The van der Waals surface area contributed by atoms with E-state index in [1.807, 2.05) is 18.2 Å². The maximum atomic E-state index is 4.81. The summed E-state index contributed by atoms with van der Waals surface area (Å²) in [6.07, 6.45) is 0. The first-order chi connectivity index (χ1) is 6.43. The highest BCUT2D eigenvalue weighted by Gasteiger charge is 1.87. The van der Waals surface area contributed by atoms with Crippen molar-refractivity contribution in [2.24, 2.45) is 0 Å². The summed E-state index contributed by atoms with van der Waals surface area (Å²) >= 11 is 1.74. The van der Waals surface area contributed by atoms with Crippen molar-refractivity contribution >= 4 is 11.8 Å². The average molecular weight is 192 g/mol. The largest absolute Gasteiger partial charge is 0.372 e. The fraction of sp³-hybridized carbons (Fsp3) is 0.273. The summed E-state index contributed by atoms with van der Waals surface area (Å²) in [7, 11) is 1.65. The molecule has 0 aliphatic rings. The highest BCUT2D eigenvalue weighted by atomic mass is 32.2. The molecule has 1 rings (SSSR count). The van der Waals surface area contributed by atoms with Crippen LogP contribution >= 0.6 is 11.8 Å². The monoisotopic (exact) mass is 192 g/mol. The molecule has 0 unspecified atom stereocenters. The molecule has 0 spiro atoms. The molecule has 0 saturated heterocycles. The molecule has 1 aromatic rings. The highest BCUT2D eigenvalue weighted by molar-refractivity contribution is 7.99. The molecule has 1 aromatic carbocycles. The van der Waals surface area contributed by atoms with E-state index < -0.39 is 0 Å². The van der Waals surface area contributed by atoms with Crippen LogP contribution in [-0.2, 0) is 4.74 Å². The number of hydrogen-bond acceptors (Lipinski definition) is 2. The van der Waals surface area contributed by atoms with Crippen molar-refractivity contribution in [1.29, 1.82) is 0 Å². The number of hydrogen-bond donors (Lipinski definition) is 0. The van der Waals surface area contributed by atoms with E-state index in [0.717, 1.165) is 5.75 Å². The van der Waals surface area contributed by atoms with E-state index in [1.54, 1.807) is 18.9 Å². The molecule has 0 saturated carbocycles. The van der Waals surface area contributed by atoms with Gasteiger partial charge in [0, 0.05) is 12.0 Å². The van der Waals surface area contributed by atoms with Gasteiger partial charge in [-0.05, 0) is 12.1 Å². The first-order valence-corrected chi connectivity index (χ1v) is 5.04. The second-order valence-electron chi connectivity index (χ2n) is 2.39. The summed E-state index contributed by atoms with van der Waals surface area (Å²) in [6, 6.07) is 10.3. The van der Waals surface area contributed by atoms with E-state index in [2.05, 4.69) is 24.0 Å². The maximum absolute atomic E-state index is 4.81. The molecule has 13 heavy (non-hydrogen) atoms. The lowest BCUT2D eigenvalue weighted by atomic mass is 10.4. The van der Waals surface area contributed by atoms with Gasteiger partial charge in [0.05, 0.1) is 5.75 Å². The van der Waals surface area contributed by atoms with Gasteiger partial charge < -0.3 is 4.74 Å². The SMILES string of the molecule is COCC#CCSc1ccccc1. The van der Waals surface area contributed by atoms with Crippen LogP contribution in [0.3, 0.4) is 0 Å². The van der Waals surface area contributed by atoms with Crippen LogP contribution in [0.4, 0.5) is 0 Å². The summed E-state index contributed by atoms with van der Waals surface area (Å²) in [4.78, 5) is 1.26. The topological polar surface area (TPSA) is 9.23 Å². The van der Waals surface area contributed by atoms with Gasteiger partial charge in [-0.3, -0.25) is 0 Å². The minimum atomic E-state index is 0.523. The second kappa shape index (κ2) is 6.59. The highest BCUT2D eigenvalue weighted by Crippen LogP contribution is 2.15. The molecule has 0 radical (unpaired) electrons. The molecule has 0 bridgehead atoms. The van der Waals surface area contributed by atoms with Crippen LogP contribution in [0.2, 0.25) is 0 Å². The van der Waals surface area contributed by atoms with Crippen LogP contribution < -0.4 is 0 Å². The Balaban J connectivity index is 2.25. The fourth-order valence-electron chi connectivity index (χ4n) is 0.810. The predicted molar refractivity (Wildman–Crippen MR) is 56.8 cm³/mol. The Labute approximate surface area is 83.5 Å². The van der Waals surface area contributed by atoms with Gasteiger partial charge in [0.25, 0.3) is 0 Å². The van der Waals surface area contributed by atoms with Crippen molar-refractivity contribution in [2.75, 3.05) is 19.5 Å². The summed E-state index contributed by atoms with van der Waals surface area (Å²) in [5, 5.41) is 0. The van der Waals surface area contributed by atoms with E-state index in [9.17, 15) is 0 Å². The smallest absolute Gasteiger partial charge is 0.107 e. The third kappa shape index (κ3) is 4.62. The number of thioether (sulfide) groups is 1. The Bertz CT molecular complexity index is 284. The standard InChI is InChI=1S/C11H12OS/c1-12-9-5-6-10-13-11-7-3-2-4-8-11/h2-4,7-8H,9-10H2,1H3. The number of benzene rings is 1. The second-order valence-corrected chi connectivity index (χ2v) is 3.44. The van der Waals surface area contributed by atoms with Crippen molar-refractivity contribution in [3.05, 3.63) is 30.3 Å². The van der Waals surface area contributed by atoms with Crippen LogP contribution in [0.1, 0.15) is 0 Å². The number of rotatable bonds is 3. The lowest BCUT2D eigenvalue weighted by Gasteiger charge is -1.94. The molecule has 0 aliphatic carbocycles. The number of ether oxygens (including phenoxy) is 1. The van der Waals surface area contributed by atoms with Crippen LogP contribution in [0.15, 0.2) is 35.2 Å². The summed E-state index contributed by atoms with van der Waals surface area (Å²) in [5.74, 6) is 6.76. The first kappa shape index (κ1) is 10.2. The Morgan fingerprint density at radius 3 is 2.69 bits per heavy atom. The molecule has 0 N–H and O–H groups in total. The fourth-order valence-corrected chi connectivity index (χ4v) is 1.50. The van der Waals surface area contributed by atoms with Crippen molar-refractivity contribution < 1.29 is 4.74 Å². The molecule has 0 amide bonds. The van der Waals surface area contributed by atoms with E-state index in [0.29, 0.717) is 6.61 Å². The van der Waals surface area contributed by atoms with E-state index >= 15 is 0 Å². The molecular formula is C11H12OS. The van der Waals surface area contributed by atoms with Gasteiger partial charge in [-0.15, -0.1) is 11.8 Å². The van der Waals surface area contributed by atoms with Crippen LogP contribution in [0, 0.1) is 11.8 Å². The van der Waals surface area contributed by atoms with Gasteiger partial charge in [0.15, 0.2) is 0 Å². The average Bonchev–Trinajstić information content (AvgIpc) is 2.19. The minimum Gasteiger partial charge on any atom is -0.372 e. The normalized spacial score (nSPS) is 9.00. The van der Waals surface area contributed by atoms with E-state index in [1.165, 1.54) is 4.90 Å². The van der Waals surface area contributed by atoms with Gasteiger partial charge in [-0.1, -0.05) is 30.0 Å². The quantitative estimate of drug-likeness (QED) is 0.537. The Morgan fingerprint density at radius 2 is 2.00 bits per heavy atom. The summed E-state index contributed by atoms with van der Waals surface area (Å²) in [6.45, 7) is 0.523. The van der Waals surface area contributed by atoms with Gasteiger partial charge in [0.2, 0.25) is 0 Å². The van der Waals surface area contributed by atoms with Crippen LogP contribution in [-0.4, -0.2) is 19.5 Å². The lowest BCUT2D eigenvalue weighted by Crippen LogP contribution is -1.81. The van der Waals surface area contributed by atoms with Crippen molar-refractivity contribution in [1.82, 2.24) is 0 Å². The van der Waals surface area contributed by atoms with Gasteiger partial charge in [-0.2, -0.15) is 0 Å². The zero-order valence-electron chi connectivity index (χ0n) is 7.62. The molecule has 0 aromatic heterocycles. The van der Waals surface area contributed by atoms with Gasteiger partial charge in [-0.25, -0.2) is 0 Å². The Kier molecular flexibility index (Phi) is 5.16. The molecule has 68 valence electrons. The third-order valence-electron chi connectivity index (χ3n) is 1.40. The molecule has 1 nitrogen and oxygen atoms in total. The van der Waals surface area contributed by atoms with Crippen LogP contribution in [0.25, 0.3) is 0 Å². The summed E-state index contributed by atoms with van der Waals surface area (Å²) < 4.78 is 4.81. The molecular weight excluding hydrogens is 180 g/mol. The Hall–Kier alpha value is -0.910. The van der Waals surface area contributed by atoms with Crippen molar-refractivity contribution in [3.8, 4) is 11.8 Å². The molecule has 0 fully saturated rings. The predicted octanol–water partition coefficient (Wildman–Crippen LogP) is 2.43. The minimum absolute atomic E-state index is 0.523.